The van der Waals surface area contributed by atoms with E-state index < -0.39 is 0 Å². The van der Waals surface area contributed by atoms with Crippen molar-refractivity contribution in [3.05, 3.63) is 41.8 Å². The van der Waals surface area contributed by atoms with Gasteiger partial charge in [-0.15, -0.1) is 0 Å². The Labute approximate surface area is 148 Å². The first-order valence-electron chi connectivity index (χ1n) is 8.79. The number of rotatable bonds is 4. The fraction of sp³-hybridized carbons (Fsp3) is 0.556. The molecular formula is C18H25N5O2. The third kappa shape index (κ3) is 4.22. The van der Waals surface area contributed by atoms with Crippen molar-refractivity contribution in [2.24, 2.45) is 5.92 Å². The molecule has 25 heavy (non-hydrogen) atoms. The summed E-state index contributed by atoms with van der Waals surface area (Å²) in [6.07, 6.45) is 2.56. The second-order valence-corrected chi connectivity index (χ2v) is 6.90. The quantitative estimate of drug-likeness (QED) is 0.848. The van der Waals surface area contributed by atoms with E-state index in [4.69, 9.17) is 4.52 Å². The van der Waals surface area contributed by atoms with E-state index >= 15 is 0 Å². The Morgan fingerprint density at radius 1 is 1.36 bits per heavy atom. The van der Waals surface area contributed by atoms with Gasteiger partial charge in [-0.3, -0.25) is 14.7 Å². The third-order valence-electron chi connectivity index (χ3n) is 4.31. The van der Waals surface area contributed by atoms with E-state index in [0.717, 1.165) is 19.5 Å². The van der Waals surface area contributed by atoms with Gasteiger partial charge in [0.15, 0.2) is 5.82 Å². The molecular weight excluding hydrogens is 318 g/mol. The van der Waals surface area contributed by atoms with E-state index in [-0.39, 0.29) is 11.9 Å². The molecule has 0 aliphatic carbocycles. The fourth-order valence-corrected chi connectivity index (χ4v) is 3.24. The first-order chi connectivity index (χ1) is 12.0. The van der Waals surface area contributed by atoms with Crippen molar-refractivity contribution in [2.45, 2.75) is 33.2 Å². The summed E-state index contributed by atoms with van der Waals surface area (Å²) in [6.45, 7) is 9.26. The predicted octanol–water partition coefficient (Wildman–Crippen LogP) is 2.32. The van der Waals surface area contributed by atoms with Gasteiger partial charge < -0.3 is 9.42 Å². The van der Waals surface area contributed by atoms with Crippen LogP contribution in [0, 0.1) is 12.8 Å². The van der Waals surface area contributed by atoms with E-state index in [2.05, 4.69) is 33.9 Å². The molecule has 0 N–H and O–H groups in total. The SMILES string of the molecule is Cc1noc(C2CN(C(=O)c3ccccn3)CCCN2CC(C)C)n1. The molecule has 7 heteroatoms. The summed E-state index contributed by atoms with van der Waals surface area (Å²) < 4.78 is 5.45. The molecule has 1 aliphatic rings. The van der Waals surface area contributed by atoms with Crippen LogP contribution in [-0.4, -0.2) is 57.0 Å². The highest BCUT2D eigenvalue weighted by atomic mass is 16.5. The third-order valence-corrected chi connectivity index (χ3v) is 4.31. The highest BCUT2D eigenvalue weighted by Crippen LogP contribution is 2.25. The van der Waals surface area contributed by atoms with Gasteiger partial charge in [0.2, 0.25) is 5.89 Å². The number of hydrogen-bond donors (Lipinski definition) is 0. The van der Waals surface area contributed by atoms with Crippen LogP contribution in [0.3, 0.4) is 0 Å². The van der Waals surface area contributed by atoms with Crippen LogP contribution < -0.4 is 0 Å². The lowest BCUT2D eigenvalue weighted by Gasteiger charge is -2.30. The molecule has 3 rings (SSSR count). The van der Waals surface area contributed by atoms with Crippen molar-refractivity contribution >= 4 is 5.91 Å². The largest absolute Gasteiger partial charge is 0.338 e. The molecule has 1 atom stereocenters. The zero-order valence-electron chi connectivity index (χ0n) is 15.1. The number of carbonyl (C=O) groups excluding carboxylic acids is 1. The molecule has 1 aliphatic heterocycles. The first kappa shape index (κ1) is 17.5. The van der Waals surface area contributed by atoms with E-state index in [1.54, 1.807) is 12.3 Å². The van der Waals surface area contributed by atoms with Crippen LogP contribution in [0.15, 0.2) is 28.9 Å². The second kappa shape index (κ2) is 7.74. The predicted molar refractivity (Wildman–Crippen MR) is 92.9 cm³/mol. The standard InChI is InChI=1S/C18H25N5O2/c1-13(2)11-22-9-6-10-23(18(24)15-7-4-5-8-19-15)12-16(22)17-20-14(3)21-25-17/h4-5,7-8,13,16H,6,9-12H2,1-3H3. The van der Waals surface area contributed by atoms with Gasteiger partial charge >= 0.3 is 0 Å². The summed E-state index contributed by atoms with van der Waals surface area (Å²) >= 11 is 0. The van der Waals surface area contributed by atoms with Gasteiger partial charge in [-0.05, 0) is 31.4 Å². The molecule has 7 nitrogen and oxygen atoms in total. The van der Waals surface area contributed by atoms with E-state index in [9.17, 15) is 4.79 Å². The summed E-state index contributed by atoms with van der Waals surface area (Å²) in [7, 11) is 0. The van der Waals surface area contributed by atoms with Gasteiger partial charge in [0.1, 0.15) is 11.7 Å². The van der Waals surface area contributed by atoms with Crippen molar-refractivity contribution in [1.29, 1.82) is 0 Å². The molecule has 1 unspecified atom stereocenters. The van der Waals surface area contributed by atoms with Crippen molar-refractivity contribution in [1.82, 2.24) is 24.9 Å². The Morgan fingerprint density at radius 3 is 2.84 bits per heavy atom. The number of amides is 1. The van der Waals surface area contributed by atoms with E-state index in [1.165, 1.54) is 0 Å². The molecule has 0 radical (unpaired) electrons. The van der Waals surface area contributed by atoms with Crippen LogP contribution in [0.2, 0.25) is 0 Å². The highest BCUT2D eigenvalue weighted by molar-refractivity contribution is 5.92. The van der Waals surface area contributed by atoms with Gasteiger partial charge in [-0.1, -0.05) is 25.1 Å². The Morgan fingerprint density at radius 2 is 2.20 bits per heavy atom. The summed E-state index contributed by atoms with van der Waals surface area (Å²) in [4.78, 5) is 25.7. The molecule has 1 amide bonds. The molecule has 1 fully saturated rings. The molecule has 134 valence electrons. The molecule has 2 aromatic rings. The molecule has 3 heterocycles. The number of aryl methyl sites for hydroxylation is 1. The Kier molecular flexibility index (Phi) is 5.43. The zero-order chi connectivity index (χ0) is 17.8. The summed E-state index contributed by atoms with van der Waals surface area (Å²) in [5.74, 6) is 1.67. The van der Waals surface area contributed by atoms with Gasteiger partial charge in [-0.25, -0.2) is 0 Å². The Hall–Kier alpha value is -2.28. The van der Waals surface area contributed by atoms with Crippen molar-refractivity contribution in [2.75, 3.05) is 26.2 Å². The minimum atomic E-state index is -0.0845. The van der Waals surface area contributed by atoms with Gasteiger partial charge in [0.25, 0.3) is 5.91 Å². The Balaban J connectivity index is 1.85. The number of carbonyl (C=O) groups is 1. The number of pyridine rings is 1. The topological polar surface area (TPSA) is 75.4 Å². The molecule has 1 saturated heterocycles. The summed E-state index contributed by atoms with van der Waals surface area (Å²) in [5, 5.41) is 3.94. The lowest BCUT2D eigenvalue weighted by atomic mass is 10.1. The maximum atomic E-state index is 12.8. The van der Waals surface area contributed by atoms with Gasteiger partial charge in [-0.2, -0.15) is 4.98 Å². The number of aromatic nitrogens is 3. The lowest BCUT2D eigenvalue weighted by Crippen LogP contribution is -2.39. The minimum absolute atomic E-state index is 0.0479. The number of nitrogens with zero attached hydrogens (tertiary/aromatic N) is 5. The van der Waals surface area contributed by atoms with Crippen LogP contribution >= 0.6 is 0 Å². The van der Waals surface area contributed by atoms with Crippen LogP contribution in [0.5, 0.6) is 0 Å². The van der Waals surface area contributed by atoms with Gasteiger partial charge in [0, 0.05) is 32.4 Å². The molecule has 0 bridgehead atoms. The average molecular weight is 343 g/mol. The maximum absolute atomic E-state index is 12.8. The van der Waals surface area contributed by atoms with Crippen molar-refractivity contribution in [3.8, 4) is 0 Å². The lowest BCUT2D eigenvalue weighted by molar-refractivity contribution is 0.0703. The minimum Gasteiger partial charge on any atom is -0.338 e. The fourth-order valence-electron chi connectivity index (χ4n) is 3.24. The first-order valence-corrected chi connectivity index (χ1v) is 8.79. The van der Waals surface area contributed by atoms with Gasteiger partial charge in [0.05, 0.1) is 0 Å². The highest BCUT2D eigenvalue weighted by Gasteiger charge is 2.33. The summed E-state index contributed by atoms with van der Waals surface area (Å²) in [5.41, 5.74) is 0.472. The molecule has 2 aromatic heterocycles. The van der Waals surface area contributed by atoms with Crippen LogP contribution in [0.25, 0.3) is 0 Å². The monoisotopic (exact) mass is 343 g/mol. The van der Waals surface area contributed by atoms with E-state index in [1.807, 2.05) is 24.0 Å². The van der Waals surface area contributed by atoms with Crippen LogP contribution in [0.4, 0.5) is 0 Å². The zero-order valence-corrected chi connectivity index (χ0v) is 15.1. The molecule has 0 saturated carbocycles. The van der Waals surface area contributed by atoms with Crippen molar-refractivity contribution < 1.29 is 9.32 Å². The number of hydrogen-bond acceptors (Lipinski definition) is 6. The molecule has 0 aromatic carbocycles. The second-order valence-electron chi connectivity index (χ2n) is 6.90. The average Bonchev–Trinajstić information content (AvgIpc) is 2.92. The Bertz CT molecular complexity index is 701. The maximum Gasteiger partial charge on any atom is 0.272 e. The smallest absolute Gasteiger partial charge is 0.272 e. The van der Waals surface area contributed by atoms with Crippen LogP contribution in [0.1, 0.15) is 48.5 Å². The molecule has 0 spiro atoms. The van der Waals surface area contributed by atoms with E-state index in [0.29, 0.717) is 36.4 Å². The summed E-state index contributed by atoms with van der Waals surface area (Å²) in [6, 6.07) is 5.32. The van der Waals surface area contributed by atoms with Crippen LogP contribution in [-0.2, 0) is 0 Å². The normalized spacial score (nSPS) is 19.2. The van der Waals surface area contributed by atoms with Crippen molar-refractivity contribution in [3.63, 3.8) is 0 Å².